The van der Waals surface area contributed by atoms with Gasteiger partial charge in [-0.2, -0.15) is 9.97 Å². The van der Waals surface area contributed by atoms with Crippen molar-refractivity contribution in [1.82, 2.24) is 34.1 Å². The quantitative estimate of drug-likeness (QED) is 0.0623. The number of aromatic nitrogens is 7. The normalized spacial score (nSPS) is 26.4. The van der Waals surface area contributed by atoms with E-state index in [0.29, 0.717) is 22.6 Å². The lowest BCUT2D eigenvalue weighted by Crippen LogP contribution is -2.30. The molecule has 0 bridgehead atoms. The number of rotatable bonds is 12. The average Bonchev–Trinajstić information content (AvgIpc) is 3.81. The van der Waals surface area contributed by atoms with E-state index in [1.807, 2.05) is 10.8 Å². The molecule has 264 valence electrons. The summed E-state index contributed by atoms with van der Waals surface area (Å²) in [4.78, 5) is 32.8. The van der Waals surface area contributed by atoms with Crippen LogP contribution in [0, 0.1) is 0 Å². The topological polar surface area (TPSA) is 265 Å². The molecule has 7 rings (SSSR count). The van der Waals surface area contributed by atoms with Crippen molar-refractivity contribution in [2.75, 3.05) is 49.3 Å². The number of thiol groups is 1. The number of aliphatic hydroxyl groups excluding tert-OH is 2. The Bertz CT molecular complexity index is 1900. The molecule has 3 aliphatic heterocycles. The van der Waals surface area contributed by atoms with Gasteiger partial charge >= 0.3 is 13.0 Å². The number of hydrogen-bond donors (Lipinski definition) is 7. The molecule has 7 atom stereocenters. The van der Waals surface area contributed by atoms with Crippen molar-refractivity contribution >= 4 is 65.0 Å². The number of imidazole rings is 1. The van der Waals surface area contributed by atoms with Gasteiger partial charge in [-0.25, -0.2) is 24.3 Å². The first-order chi connectivity index (χ1) is 23.6. The molecule has 2 saturated heterocycles. The fourth-order valence-corrected chi connectivity index (χ4v) is 7.85. The summed E-state index contributed by atoms with van der Waals surface area (Å²) in [5.74, 6) is 1.03. The zero-order valence-electron chi connectivity index (χ0n) is 25.9. The van der Waals surface area contributed by atoms with Crippen LogP contribution in [0.25, 0.3) is 22.2 Å². The Balaban J connectivity index is 1.03. The number of nitrogen functional groups attached to an aromatic ring is 1. The van der Waals surface area contributed by atoms with Crippen molar-refractivity contribution in [2.45, 2.75) is 62.6 Å². The van der Waals surface area contributed by atoms with Gasteiger partial charge in [-0.1, -0.05) is 12.2 Å². The Labute approximate surface area is 283 Å². The van der Waals surface area contributed by atoms with Gasteiger partial charge in [0, 0.05) is 32.1 Å². The van der Waals surface area contributed by atoms with Crippen molar-refractivity contribution in [3.05, 3.63) is 24.4 Å². The third-order valence-electron chi connectivity index (χ3n) is 8.49. The molecule has 7 heterocycles. The van der Waals surface area contributed by atoms with Gasteiger partial charge in [0.1, 0.15) is 55.2 Å². The van der Waals surface area contributed by atoms with Crippen LogP contribution in [0.1, 0.15) is 37.3 Å². The lowest BCUT2D eigenvalue weighted by Gasteiger charge is -2.23. The van der Waals surface area contributed by atoms with Gasteiger partial charge in [-0.3, -0.25) is 13.6 Å². The minimum atomic E-state index is -4.13. The van der Waals surface area contributed by atoms with Crippen molar-refractivity contribution < 1.29 is 47.9 Å². The predicted octanol–water partition coefficient (Wildman–Crippen LogP) is 1.69. The lowest BCUT2D eigenvalue weighted by atomic mass is 10.1. The SMILES string of the molecule is Nc1nc(NCCO)c2ncn([C@H]3C[C@H](O)[C@@H](COP(=O)(S)O[C@H]4C[C@H](n5cc6c7c(ncnc75)NCCC6)O[C@@H]4COC(=O)O)O3)c2n1. The van der Waals surface area contributed by atoms with E-state index in [2.05, 4.69) is 47.8 Å². The summed E-state index contributed by atoms with van der Waals surface area (Å²) in [5.41, 5.74) is 8.29. The molecule has 49 heavy (non-hydrogen) atoms. The van der Waals surface area contributed by atoms with E-state index in [4.69, 9.17) is 34.1 Å². The molecule has 4 aromatic heterocycles. The zero-order valence-corrected chi connectivity index (χ0v) is 27.7. The van der Waals surface area contributed by atoms with E-state index in [0.717, 1.165) is 36.2 Å². The maximum absolute atomic E-state index is 13.5. The van der Waals surface area contributed by atoms with Gasteiger partial charge in [-0.05, 0) is 18.4 Å². The molecule has 4 aromatic rings. The van der Waals surface area contributed by atoms with Crippen LogP contribution in [0.15, 0.2) is 18.9 Å². The molecule has 2 fully saturated rings. The third kappa shape index (κ3) is 6.97. The largest absolute Gasteiger partial charge is 0.505 e. The maximum Gasteiger partial charge on any atom is 0.505 e. The van der Waals surface area contributed by atoms with Crippen LogP contribution >= 0.6 is 19.0 Å². The van der Waals surface area contributed by atoms with Gasteiger partial charge in [0.2, 0.25) is 5.95 Å². The number of ether oxygens (including phenoxy) is 3. The molecule has 20 nitrogen and oxygen atoms in total. The summed E-state index contributed by atoms with van der Waals surface area (Å²) in [6.45, 7) is -4.00. The highest BCUT2D eigenvalue weighted by atomic mass is 32.7. The molecule has 0 radical (unpaired) electrons. The summed E-state index contributed by atoms with van der Waals surface area (Å²) in [6.07, 6.45) is 0.0836. The Morgan fingerprint density at radius 2 is 1.96 bits per heavy atom. The Kier molecular flexibility index (Phi) is 9.50. The highest BCUT2D eigenvalue weighted by molar-refractivity contribution is 8.44. The molecular weight excluding hydrogens is 687 g/mol. The van der Waals surface area contributed by atoms with Crippen LogP contribution in [0.3, 0.4) is 0 Å². The summed E-state index contributed by atoms with van der Waals surface area (Å²) in [7, 11) is 0. The summed E-state index contributed by atoms with van der Waals surface area (Å²) in [5, 5.41) is 36.3. The van der Waals surface area contributed by atoms with Crippen LogP contribution in [-0.2, 0) is 34.2 Å². The van der Waals surface area contributed by atoms with E-state index in [-0.39, 0.29) is 38.5 Å². The van der Waals surface area contributed by atoms with Crippen molar-refractivity contribution in [2.24, 2.45) is 0 Å². The molecule has 0 aromatic carbocycles. The van der Waals surface area contributed by atoms with E-state index in [1.54, 1.807) is 4.57 Å². The number of nitrogens with one attached hydrogen (secondary N) is 2. The Morgan fingerprint density at radius 3 is 2.78 bits per heavy atom. The average molecular weight is 723 g/mol. The molecule has 22 heteroatoms. The third-order valence-corrected chi connectivity index (χ3v) is 10.1. The number of carbonyl (C=O) groups is 1. The van der Waals surface area contributed by atoms with Gasteiger partial charge in [-0.15, -0.1) is 0 Å². The molecule has 0 spiro atoms. The monoisotopic (exact) mass is 722 g/mol. The second kappa shape index (κ2) is 13.8. The molecule has 7 N–H and O–H groups in total. The molecule has 0 saturated carbocycles. The first-order valence-electron chi connectivity index (χ1n) is 15.5. The van der Waals surface area contributed by atoms with Crippen molar-refractivity contribution in [1.29, 1.82) is 0 Å². The predicted molar refractivity (Wildman–Crippen MR) is 174 cm³/mol. The number of hydrogen-bond acceptors (Lipinski definition) is 17. The number of fused-ring (bicyclic) bond motifs is 1. The highest BCUT2D eigenvalue weighted by Crippen LogP contribution is 2.56. The Hall–Kier alpha value is -3.82. The van der Waals surface area contributed by atoms with Crippen LogP contribution in [-0.4, -0.2) is 113 Å². The number of anilines is 3. The molecule has 0 amide bonds. The molecule has 3 aliphatic rings. The number of aliphatic hydroxyl groups is 2. The fourth-order valence-electron chi connectivity index (χ4n) is 6.32. The summed E-state index contributed by atoms with van der Waals surface area (Å²) < 4.78 is 45.4. The summed E-state index contributed by atoms with van der Waals surface area (Å²) in [6, 6.07) is 0. The molecular formula is C27H35N10O10PS. The smallest absolute Gasteiger partial charge is 0.450 e. The number of carboxylic acid groups (broad SMARTS) is 1. The highest BCUT2D eigenvalue weighted by Gasteiger charge is 2.44. The van der Waals surface area contributed by atoms with Gasteiger partial charge in [0.05, 0.1) is 31.0 Å². The maximum atomic E-state index is 13.5. The summed E-state index contributed by atoms with van der Waals surface area (Å²) >= 11 is 4.18. The number of nitrogens with zero attached hydrogens (tertiary/aromatic N) is 7. The minimum absolute atomic E-state index is 0.0268. The number of aryl methyl sites for hydroxylation is 1. The van der Waals surface area contributed by atoms with Gasteiger partial charge < -0.3 is 50.5 Å². The van der Waals surface area contributed by atoms with E-state index < -0.39 is 56.4 Å². The van der Waals surface area contributed by atoms with Gasteiger partial charge in [0.25, 0.3) is 0 Å². The lowest BCUT2D eigenvalue weighted by molar-refractivity contribution is -0.0540. The van der Waals surface area contributed by atoms with Crippen LogP contribution in [0.5, 0.6) is 0 Å². The van der Waals surface area contributed by atoms with Crippen molar-refractivity contribution in [3.8, 4) is 0 Å². The standard InChI is InChI=1S/C27H35N10O10PS/c28-26-34-23(30-4-5-38)21-25(35-26)37(12-33-21)18-6-14(39)16(45-18)10-44-48(42,49)47-15-7-19(46-17(15)9-43-27(40)41)36-8-13-2-1-3-29-22-20(13)24(36)32-11-31-22/h8,11-12,14-19,38-39H,1-7,9-10H2,(H,40,41)(H,42,49)(H,29,31,32)(H3,28,30,34,35)/t14-,15-,16+,17+,18+,19+,48?/m0/s1. The minimum Gasteiger partial charge on any atom is -0.450 e. The van der Waals surface area contributed by atoms with Crippen LogP contribution < -0.4 is 16.4 Å². The zero-order chi connectivity index (χ0) is 34.3. The fraction of sp³-hybridized carbons (Fsp3) is 0.556. The second-order valence-corrected chi connectivity index (χ2v) is 14.6. The van der Waals surface area contributed by atoms with Crippen LogP contribution in [0.2, 0.25) is 0 Å². The number of nitrogens with two attached hydrogens (primary N) is 1. The van der Waals surface area contributed by atoms with Crippen LogP contribution in [0.4, 0.5) is 22.4 Å². The van der Waals surface area contributed by atoms with E-state index >= 15 is 0 Å². The molecule has 1 unspecified atom stereocenters. The second-order valence-electron chi connectivity index (χ2n) is 11.7. The van der Waals surface area contributed by atoms with E-state index in [1.165, 1.54) is 12.7 Å². The Morgan fingerprint density at radius 1 is 1.14 bits per heavy atom. The first-order valence-corrected chi connectivity index (χ1v) is 18.2. The molecule has 0 aliphatic carbocycles. The van der Waals surface area contributed by atoms with Crippen molar-refractivity contribution in [3.63, 3.8) is 0 Å². The van der Waals surface area contributed by atoms with E-state index in [9.17, 15) is 19.6 Å². The van der Waals surface area contributed by atoms with Gasteiger partial charge in [0.15, 0.2) is 17.0 Å². The first kappa shape index (κ1) is 33.7.